The Balaban J connectivity index is 0.000000714. The van der Waals surface area contributed by atoms with Crippen LogP contribution >= 0.6 is 15.8 Å². The summed E-state index contributed by atoms with van der Waals surface area (Å²) in [6.07, 6.45) is 38.3. The monoisotopic (exact) mass is 671 g/mol. The summed E-state index contributed by atoms with van der Waals surface area (Å²) in [6.45, 7) is 6.72. The summed E-state index contributed by atoms with van der Waals surface area (Å²) in [6, 6.07) is 0. The molecule has 0 spiro atoms. The third-order valence-electron chi connectivity index (χ3n) is 8.96. The summed E-state index contributed by atoms with van der Waals surface area (Å²) < 4.78 is 0. The smallest absolute Gasteiger partial charge is 0 e. The predicted molar refractivity (Wildman–Crippen MR) is 151 cm³/mol. The van der Waals surface area contributed by atoms with E-state index in [9.17, 15) is 0 Å². The van der Waals surface area contributed by atoms with Gasteiger partial charge in [-0.15, -0.1) is 0 Å². The van der Waals surface area contributed by atoms with Gasteiger partial charge in [-0.1, -0.05) is 118 Å². The molecule has 0 heterocycles. The molecule has 0 saturated heterocycles. The van der Waals surface area contributed by atoms with Crippen molar-refractivity contribution in [2.45, 2.75) is 151 Å². The van der Waals surface area contributed by atoms with Gasteiger partial charge in [0.05, 0.1) is 0 Å². The fraction of sp³-hybridized carbons (Fsp3) is 0.867. The van der Waals surface area contributed by atoms with Crippen molar-refractivity contribution in [2.75, 3.05) is 12.3 Å². The van der Waals surface area contributed by atoms with Crippen LogP contribution in [0.1, 0.15) is 128 Å². The van der Waals surface area contributed by atoms with Crippen molar-refractivity contribution in [2.24, 2.45) is 0 Å². The van der Waals surface area contributed by atoms with E-state index in [1.54, 1.807) is 153 Å². The zero-order valence-electron chi connectivity index (χ0n) is 21.6. The minimum atomic E-state index is 0. The number of allylic oxidation sites excluding steroid dienone is 2. The summed E-state index contributed by atoms with van der Waals surface area (Å²) in [5, 5.41) is 0. The van der Waals surface area contributed by atoms with Crippen LogP contribution in [0.2, 0.25) is 0 Å². The molecule has 0 amide bonds. The first kappa shape index (κ1) is 30.3. The molecule has 4 rings (SSSR count). The van der Waals surface area contributed by atoms with E-state index in [0.29, 0.717) is 15.8 Å². The third kappa shape index (κ3) is 10.5. The number of hydrogen-bond donors (Lipinski definition) is 0. The molecule has 0 aromatic carbocycles. The summed E-state index contributed by atoms with van der Waals surface area (Å²) in [5.41, 5.74) is 4.73. The van der Waals surface area contributed by atoms with Crippen molar-refractivity contribution < 1.29 is 21.1 Å². The second kappa shape index (κ2) is 18.3. The van der Waals surface area contributed by atoms with Crippen LogP contribution in [0.3, 0.4) is 0 Å². The van der Waals surface area contributed by atoms with Crippen LogP contribution < -0.4 is 0 Å². The molecule has 0 N–H and O–H groups in total. The summed E-state index contributed by atoms with van der Waals surface area (Å²) in [7, 11) is 0.689. The van der Waals surface area contributed by atoms with Crippen LogP contribution in [-0.2, 0) is 21.1 Å². The van der Waals surface area contributed by atoms with Gasteiger partial charge in [0.25, 0.3) is 0 Å². The third-order valence-corrected chi connectivity index (χ3v) is 16.6. The Morgan fingerprint density at radius 2 is 0.636 bits per heavy atom. The van der Waals surface area contributed by atoms with E-state index in [1.807, 2.05) is 0 Å². The van der Waals surface area contributed by atoms with Crippen LogP contribution in [0.5, 0.6) is 0 Å². The molecule has 0 aromatic rings. The molecule has 0 radical (unpaired) electrons. The Hall–Kier alpha value is 1.03. The Morgan fingerprint density at radius 1 is 0.424 bits per heavy atom. The molecule has 4 saturated carbocycles. The van der Waals surface area contributed by atoms with Crippen LogP contribution in [0, 0.1) is 0 Å². The van der Waals surface area contributed by atoms with E-state index in [4.69, 9.17) is 0 Å². The van der Waals surface area contributed by atoms with Crippen LogP contribution in [0.4, 0.5) is 0 Å². The van der Waals surface area contributed by atoms with E-state index < -0.39 is 0 Å². The minimum Gasteiger partial charge on any atom is -0.1000 e. The number of hydrogen-bond acceptors (Lipinski definition) is 0. The van der Waals surface area contributed by atoms with Crippen molar-refractivity contribution in [3.05, 3.63) is 25.3 Å². The van der Waals surface area contributed by atoms with Crippen LogP contribution in [0.15, 0.2) is 25.3 Å². The summed E-state index contributed by atoms with van der Waals surface area (Å²) >= 11 is 0. The normalized spacial score (nSPS) is 24.1. The summed E-state index contributed by atoms with van der Waals surface area (Å²) in [5.74, 6) is 0. The maximum absolute atomic E-state index is 3.36. The number of rotatable bonds is 8. The van der Waals surface area contributed by atoms with Gasteiger partial charge < -0.3 is 0 Å². The van der Waals surface area contributed by atoms with Gasteiger partial charge in [0, 0.05) is 21.1 Å². The second-order valence-electron chi connectivity index (χ2n) is 11.1. The molecule has 33 heavy (non-hydrogen) atoms. The first-order valence-electron chi connectivity index (χ1n) is 14.6. The van der Waals surface area contributed by atoms with Gasteiger partial charge in [0.15, 0.2) is 0 Å². The molecular formula is C30H54P2Pt. The van der Waals surface area contributed by atoms with Crippen LogP contribution in [-0.4, -0.2) is 35.0 Å². The molecular weight excluding hydrogens is 617 g/mol. The first-order chi connectivity index (χ1) is 15.8. The second-order valence-corrected chi connectivity index (χ2v) is 17.0. The SMILES string of the molecule is C1CCC(P(CCP(C2CCCCC2)C2CCCCC2)C2CCCCC2)CC1.C=CC=C.[Pt]. The van der Waals surface area contributed by atoms with Crippen molar-refractivity contribution in [3.63, 3.8) is 0 Å². The van der Waals surface area contributed by atoms with Crippen molar-refractivity contribution >= 4 is 15.8 Å². The fourth-order valence-electron chi connectivity index (χ4n) is 7.21. The Bertz CT molecular complexity index is 415. The van der Waals surface area contributed by atoms with E-state index >= 15 is 0 Å². The van der Waals surface area contributed by atoms with E-state index in [2.05, 4.69) is 13.2 Å². The van der Waals surface area contributed by atoms with Crippen LogP contribution in [0.25, 0.3) is 0 Å². The molecule has 0 aromatic heterocycles. The first-order valence-corrected chi connectivity index (χ1v) is 17.9. The molecule has 4 fully saturated rings. The zero-order chi connectivity index (χ0) is 22.4. The van der Waals surface area contributed by atoms with Gasteiger partial charge in [0.1, 0.15) is 0 Å². The van der Waals surface area contributed by atoms with Crippen molar-refractivity contribution in [1.29, 1.82) is 0 Å². The van der Waals surface area contributed by atoms with E-state index in [1.165, 1.54) is 22.6 Å². The van der Waals surface area contributed by atoms with Gasteiger partial charge in [-0.2, -0.15) is 0 Å². The zero-order valence-corrected chi connectivity index (χ0v) is 25.7. The van der Waals surface area contributed by atoms with Crippen molar-refractivity contribution in [3.8, 4) is 0 Å². The molecule has 0 unspecified atom stereocenters. The van der Waals surface area contributed by atoms with Gasteiger partial charge in [0.2, 0.25) is 0 Å². The Labute approximate surface area is 224 Å². The molecule has 0 atom stereocenters. The van der Waals surface area contributed by atoms with E-state index in [-0.39, 0.29) is 21.1 Å². The van der Waals surface area contributed by atoms with Crippen molar-refractivity contribution in [1.82, 2.24) is 0 Å². The molecule has 0 nitrogen and oxygen atoms in total. The van der Waals surface area contributed by atoms with Gasteiger partial charge in [-0.25, -0.2) is 0 Å². The molecule has 194 valence electrons. The molecule has 4 aliphatic rings. The fourth-order valence-corrected chi connectivity index (χ4v) is 15.8. The predicted octanol–water partition coefficient (Wildman–Crippen LogP) is 10.6. The molecule has 4 aliphatic carbocycles. The topological polar surface area (TPSA) is 0 Å². The average molecular weight is 672 g/mol. The van der Waals surface area contributed by atoms with Gasteiger partial charge in [-0.3, -0.25) is 0 Å². The Kier molecular flexibility index (Phi) is 16.8. The molecule has 0 aliphatic heterocycles. The quantitative estimate of drug-likeness (QED) is 0.178. The standard InChI is InChI=1S/C26H48P2.C4H6.Pt/c1-5-13-23(14-6-1)27(24-15-7-2-8-16-24)21-22-28(25-17-9-3-10-18-25)26-19-11-4-12-20-26;1-3-4-2;/h23-26H,1-22H2;3-4H,1-2H2;. The average Bonchev–Trinajstić information content (AvgIpc) is 2.89. The largest absolute Gasteiger partial charge is 0.1000 e. The maximum atomic E-state index is 3.36. The Morgan fingerprint density at radius 3 is 0.818 bits per heavy atom. The minimum absolute atomic E-state index is 0. The van der Waals surface area contributed by atoms with Gasteiger partial charge in [-0.05, 0) is 86.3 Å². The molecule has 0 bridgehead atoms. The van der Waals surface area contributed by atoms with E-state index in [0.717, 1.165) is 0 Å². The molecule has 3 heteroatoms. The van der Waals surface area contributed by atoms with Gasteiger partial charge >= 0.3 is 0 Å². The maximum Gasteiger partial charge on any atom is 0 e. The summed E-state index contributed by atoms with van der Waals surface area (Å²) in [4.78, 5) is 0.